The molecule has 1 nitrogen and oxygen atoms in total. The molecule has 2 rings (SSSR count). The molecule has 1 heterocycles. The Hall–Kier alpha value is -0.360. The van der Waals surface area contributed by atoms with Gasteiger partial charge in [0.1, 0.15) is 5.82 Å². The molecule has 2 aromatic rings. The highest BCUT2D eigenvalue weighted by molar-refractivity contribution is 14.1. The number of thiophene rings is 1. The molecule has 0 saturated carbocycles. The maximum Gasteiger partial charge on any atom is 0.172 e. The molecule has 0 spiro atoms. The molecule has 1 N–H and O–H groups in total. The molecule has 0 atom stereocenters. The number of benzene rings is 1. The maximum absolute atomic E-state index is 12.8. The Balaban J connectivity index is 2.88. The van der Waals surface area contributed by atoms with Gasteiger partial charge in [0.15, 0.2) is 5.06 Å². The lowest BCUT2D eigenvalue weighted by Gasteiger charge is -1.92. The minimum absolute atomic E-state index is 0.230. The number of fused-ring (bicyclic) bond motifs is 1. The number of aromatic hydroxyl groups is 1. The SMILES string of the molecule is Oc1cc2c(I)cc(F)cc2s1. The summed E-state index contributed by atoms with van der Waals surface area (Å²) in [7, 11) is 0. The van der Waals surface area contributed by atoms with E-state index in [0.29, 0.717) is 0 Å². The van der Waals surface area contributed by atoms with Crippen molar-refractivity contribution in [2.45, 2.75) is 0 Å². The summed E-state index contributed by atoms with van der Waals surface area (Å²) in [6.07, 6.45) is 0. The molecule has 0 saturated heterocycles. The third kappa shape index (κ3) is 1.29. The fourth-order valence-corrected chi connectivity index (χ4v) is 2.83. The smallest absolute Gasteiger partial charge is 0.172 e. The molecule has 0 bridgehead atoms. The van der Waals surface area contributed by atoms with Crippen molar-refractivity contribution in [1.82, 2.24) is 0 Å². The minimum Gasteiger partial charge on any atom is -0.499 e. The van der Waals surface area contributed by atoms with Crippen LogP contribution in [-0.2, 0) is 0 Å². The number of hydrogen-bond donors (Lipinski definition) is 1. The van der Waals surface area contributed by atoms with Crippen LogP contribution in [-0.4, -0.2) is 5.11 Å². The first-order valence-corrected chi connectivity index (χ1v) is 5.14. The number of halogens is 2. The molecule has 0 radical (unpaired) electrons. The van der Waals surface area contributed by atoms with Crippen LogP contribution in [0.15, 0.2) is 18.2 Å². The van der Waals surface area contributed by atoms with Gasteiger partial charge in [0, 0.05) is 19.7 Å². The molecule has 0 amide bonds. The summed E-state index contributed by atoms with van der Waals surface area (Å²) in [5.41, 5.74) is 0. The zero-order chi connectivity index (χ0) is 8.72. The highest BCUT2D eigenvalue weighted by Crippen LogP contribution is 2.33. The molecular weight excluding hydrogens is 290 g/mol. The Kier molecular flexibility index (Phi) is 1.96. The van der Waals surface area contributed by atoms with Crippen molar-refractivity contribution < 1.29 is 9.50 Å². The van der Waals surface area contributed by atoms with Crippen molar-refractivity contribution in [2.24, 2.45) is 0 Å². The zero-order valence-electron chi connectivity index (χ0n) is 5.84. The third-order valence-corrected chi connectivity index (χ3v) is 3.32. The van der Waals surface area contributed by atoms with Crippen LogP contribution in [0.2, 0.25) is 0 Å². The highest BCUT2D eigenvalue weighted by atomic mass is 127. The minimum atomic E-state index is -0.256. The van der Waals surface area contributed by atoms with Gasteiger partial charge >= 0.3 is 0 Å². The van der Waals surface area contributed by atoms with Gasteiger partial charge in [-0.15, -0.1) is 0 Å². The molecule has 0 fully saturated rings. The molecule has 62 valence electrons. The molecule has 0 aliphatic carbocycles. The van der Waals surface area contributed by atoms with Crippen molar-refractivity contribution in [3.8, 4) is 5.06 Å². The van der Waals surface area contributed by atoms with Crippen LogP contribution in [0.1, 0.15) is 0 Å². The molecule has 4 heteroatoms. The van der Waals surface area contributed by atoms with E-state index in [0.717, 1.165) is 13.7 Å². The van der Waals surface area contributed by atoms with Gasteiger partial charge < -0.3 is 5.11 Å². The van der Waals surface area contributed by atoms with E-state index >= 15 is 0 Å². The van der Waals surface area contributed by atoms with Crippen LogP contribution in [0.25, 0.3) is 10.1 Å². The normalized spacial score (nSPS) is 10.8. The predicted molar refractivity (Wildman–Crippen MR) is 56.2 cm³/mol. The first-order chi connectivity index (χ1) is 5.66. The van der Waals surface area contributed by atoms with E-state index in [4.69, 9.17) is 5.11 Å². The highest BCUT2D eigenvalue weighted by Gasteiger charge is 2.05. The monoisotopic (exact) mass is 294 g/mol. The lowest BCUT2D eigenvalue weighted by Crippen LogP contribution is -1.75. The molecule has 12 heavy (non-hydrogen) atoms. The lowest BCUT2D eigenvalue weighted by molar-refractivity contribution is 0.491. The van der Waals surface area contributed by atoms with E-state index in [1.165, 1.54) is 23.5 Å². The fraction of sp³-hybridized carbons (Fsp3) is 0. The van der Waals surface area contributed by atoms with Crippen molar-refractivity contribution in [1.29, 1.82) is 0 Å². The summed E-state index contributed by atoms with van der Waals surface area (Å²) in [5.74, 6) is -0.256. The first kappa shape index (κ1) is 8.25. The van der Waals surface area contributed by atoms with E-state index in [2.05, 4.69) is 22.6 Å². The van der Waals surface area contributed by atoms with Crippen LogP contribution in [0.3, 0.4) is 0 Å². The Labute approximate surface area is 86.0 Å². The third-order valence-electron chi connectivity index (χ3n) is 1.54. The van der Waals surface area contributed by atoms with Gasteiger partial charge in [0.25, 0.3) is 0 Å². The second-order valence-electron chi connectivity index (χ2n) is 2.38. The van der Waals surface area contributed by atoms with Crippen LogP contribution in [0.5, 0.6) is 5.06 Å². The topological polar surface area (TPSA) is 20.2 Å². The summed E-state index contributed by atoms with van der Waals surface area (Å²) in [4.78, 5) is 0. The van der Waals surface area contributed by atoms with Crippen LogP contribution < -0.4 is 0 Å². The van der Waals surface area contributed by atoms with Crippen LogP contribution in [0, 0.1) is 9.39 Å². The van der Waals surface area contributed by atoms with Crippen molar-refractivity contribution in [3.63, 3.8) is 0 Å². The van der Waals surface area contributed by atoms with Gasteiger partial charge in [0.2, 0.25) is 0 Å². The number of hydrogen-bond acceptors (Lipinski definition) is 2. The molecular formula is C8H4FIOS. The van der Waals surface area contributed by atoms with Crippen molar-refractivity contribution in [2.75, 3.05) is 0 Å². The fourth-order valence-electron chi connectivity index (χ4n) is 1.05. The quantitative estimate of drug-likeness (QED) is 0.739. The summed E-state index contributed by atoms with van der Waals surface area (Å²) in [6, 6.07) is 4.54. The van der Waals surface area contributed by atoms with E-state index in [1.807, 2.05) is 0 Å². The first-order valence-electron chi connectivity index (χ1n) is 3.24. The van der Waals surface area contributed by atoms with Crippen LogP contribution in [0.4, 0.5) is 4.39 Å². The van der Waals surface area contributed by atoms with Crippen LogP contribution >= 0.6 is 33.9 Å². The average molecular weight is 294 g/mol. The van der Waals surface area contributed by atoms with Crippen molar-refractivity contribution >= 4 is 44.0 Å². The standard InChI is InChI=1S/C8H4FIOS/c9-4-1-6(10)5-3-8(11)12-7(5)2-4/h1-3,11H. The van der Waals surface area contributed by atoms with Crippen molar-refractivity contribution in [3.05, 3.63) is 27.6 Å². The summed E-state index contributed by atoms with van der Waals surface area (Å²) in [5, 5.41) is 10.3. The summed E-state index contributed by atoms with van der Waals surface area (Å²) < 4.78 is 14.4. The van der Waals surface area contributed by atoms with Gasteiger partial charge in [-0.3, -0.25) is 0 Å². The summed E-state index contributed by atoms with van der Waals surface area (Å²) in [6.45, 7) is 0. The Morgan fingerprint density at radius 1 is 1.33 bits per heavy atom. The van der Waals surface area contributed by atoms with E-state index in [9.17, 15) is 4.39 Å². The largest absolute Gasteiger partial charge is 0.499 e. The Morgan fingerprint density at radius 2 is 2.08 bits per heavy atom. The number of rotatable bonds is 0. The molecule has 1 aromatic heterocycles. The lowest BCUT2D eigenvalue weighted by atomic mass is 10.2. The second kappa shape index (κ2) is 2.85. The van der Waals surface area contributed by atoms with Gasteiger partial charge in [0.05, 0.1) is 0 Å². The summed E-state index contributed by atoms with van der Waals surface area (Å²) >= 11 is 3.24. The molecule has 0 unspecified atom stereocenters. The van der Waals surface area contributed by atoms with E-state index in [1.54, 1.807) is 6.07 Å². The van der Waals surface area contributed by atoms with Gasteiger partial charge in [-0.1, -0.05) is 11.3 Å². The molecule has 0 aliphatic heterocycles. The molecule has 0 aliphatic rings. The van der Waals surface area contributed by atoms with E-state index in [-0.39, 0.29) is 10.9 Å². The average Bonchev–Trinajstić information content (AvgIpc) is 2.29. The Bertz CT molecular complexity index is 438. The predicted octanol–water partition coefficient (Wildman–Crippen LogP) is 3.35. The maximum atomic E-state index is 12.8. The zero-order valence-corrected chi connectivity index (χ0v) is 8.82. The van der Waals surface area contributed by atoms with Gasteiger partial charge in [-0.2, -0.15) is 0 Å². The van der Waals surface area contributed by atoms with Gasteiger partial charge in [-0.25, -0.2) is 4.39 Å². The second-order valence-corrected chi connectivity index (χ2v) is 4.61. The Morgan fingerprint density at radius 3 is 2.83 bits per heavy atom. The van der Waals surface area contributed by atoms with Gasteiger partial charge in [-0.05, 0) is 34.7 Å². The van der Waals surface area contributed by atoms with E-state index < -0.39 is 0 Å². The molecule has 1 aromatic carbocycles.